The van der Waals surface area contributed by atoms with Gasteiger partial charge < -0.3 is 25.0 Å². The van der Waals surface area contributed by atoms with E-state index < -0.39 is 35.1 Å². The monoisotopic (exact) mass is 513 g/mol. The Morgan fingerprint density at radius 3 is 2.33 bits per heavy atom. The summed E-state index contributed by atoms with van der Waals surface area (Å²) >= 11 is 0. The number of hydrogen-bond donors (Lipinski definition) is 2. The average molecular weight is 514 g/mol. The molecule has 3 atom stereocenters. The molecule has 196 valence electrons. The number of amides is 2. The third-order valence-electron chi connectivity index (χ3n) is 7.40. The number of rotatable bonds is 5. The van der Waals surface area contributed by atoms with Crippen LogP contribution in [0.5, 0.6) is 11.5 Å². The zero-order valence-corrected chi connectivity index (χ0v) is 20.1. The van der Waals surface area contributed by atoms with Crippen molar-refractivity contribution in [1.82, 2.24) is 10.2 Å². The summed E-state index contributed by atoms with van der Waals surface area (Å²) in [7, 11) is 5.20. The van der Waals surface area contributed by atoms with Gasteiger partial charge in [0.25, 0.3) is 0 Å². The Labute approximate surface area is 205 Å². The molecule has 0 unspecified atom stereocenters. The van der Waals surface area contributed by atoms with Crippen LogP contribution in [0.3, 0.4) is 0 Å². The number of likely N-dealkylation sites (N-methyl/N-ethyl adjacent to an activating group) is 1. The van der Waals surface area contributed by atoms with Gasteiger partial charge in [0.1, 0.15) is 17.2 Å². The average Bonchev–Trinajstić information content (AvgIpc) is 3.14. The fourth-order valence-electron chi connectivity index (χ4n) is 5.66. The molecule has 2 amide bonds. The molecule has 4 rings (SSSR count). The number of nitrogens with zero attached hydrogens (tertiary/aromatic N) is 1. The van der Waals surface area contributed by atoms with Gasteiger partial charge in [-0.25, -0.2) is 13.6 Å². The lowest BCUT2D eigenvalue weighted by atomic mass is 9.65. The van der Waals surface area contributed by atoms with Gasteiger partial charge in [-0.05, 0) is 69.1 Å². The van der Waals surface area contributed by atoms with Crippen molar-refractivity contribution in [3.05, 3.63) is 53.1 Å². The van der Waals surface area contributed by atoms with Crippen LogP contribution < -0.4 is 20.1 Å². The van der Waals surface area contributed by atoms with Crippen LogP contribution in [0.4, 0.5) is 32.4 Å². The van der Waals surface area contributed by atoms with Crippen LogP contribution in [-0.4, -0.2) is 50.8 Å². The number of likely N-dealkylation sites (tertiary alicyclic amines) is 1. The van der Waals surface area contributed by atoms with Crippen LogP contribution in [0.2, 0.25) is 0 Å². The van der Waals surface area contributed by atoms with Crippen molar-refractivity contribution in [2.75, 3.05) is 33.1 Å². The summed E-state index contributed by atoms with van der Waals surface area (Å²) in [5.41, 5.74) is -1.39. The van der Waals surface area contributed by atoms with Crippen molar-refractivity contribution in [3.63, 3.8) is 0 Å². The number of methoxy groups -OCH3 is 2. The van der Waals surface area contributed by atoms with Crippen LogP contribution in [0.25, 0.3) is 0 Å². The summed E-state index contributed by atoms with van der Waals surface area (Å²) in [5.74, 6) is -2.29. The van der Waals surface area contributed by atoms with Gasteiger partial charge in [0.15, 0.2) is 11.5 Å². The minimum Gasteiger partial charge on any atom is -0.493 e. The molecule has 2 fully saturated rings. The highest BCUT2D eigenvalue weighted by molar-refractivity contribution is 5.89. The lowest BCUT2D eigenvalue weighted by Crippen LogP contribution is -2.52. The number of carbonyl (C=O) groups excluding carboxylic acids is 1. The number of hydrogen-bond acceptors (Lipinski definition) is 4. The summed E-state index contributed by atoms with van der Waals surface area (Å²) in [5, 5.41) is 5.05. The van der Waals surface area contributed by atoms with E-state index in [4.69, 9.17) is 9.47 Å². The molecule has 0 aromatic heterocycles. The topological polar surface area (TPSA) is 62.8 Å². The third-order valence-corrected chi connectivity index (χ3v) is 7.40. The number of benzene rings is 2. The SMILES string of the molecule is COc1ccc([C@@]23CC[C@@H](NC(=O)Nc4cc(F)c(C(F)(F)F)c(F)c4)C[C@@H]2N(C)CC3)cc1OC. The number of alkyl halides is 3. The van der Waals surface area contributed by atoms with E-state index in [1.54, 1.807) is 14.2 Å². The van der Waals surface area contributed by atoms with Crippen molar-refractivity contribution in [2.45, 2.75) is 49.4 Å². The second-order valence-electron chi connectivity index (χ2n) is 9.35. The normalized spacial score (nSPS) is 24.2. The van der Waals surface area contributed by atoms with Gasteiger partial charge in [-0.1, -0.05) is 6.07 Å². The highest BCUT2D eigenvalue weighted by Crippen LogP contribution is 2.50. The van der Waals surface area contributed by atoms with Gasteiger partial charge in [-0.3, -0.25) is 0 Å². The number of carbonyl (C=O) groups is 1. The van der Waals surface area contributed by atoms with Gasteiger partial charge in [0.05, 0.1) is 14.2 Å². The Bertz CT molecular complexity index is 1120. The molecule has 2 aromatic carbocycles. The van der Waals surface area contributed by atoms with Crippen molar-refractivity contribution < 1.29 is 36.2 Å². The number of nitrogens with one attached hydrogen (secondary N) is 2. The zero-order chi connectivity index (χ0) is 26.3. The number of urea groups is 1. The van der Waals surface area contributed by atoms with E-state index in [1.165, 1.54) is 0 Å². The fraction of sp³-hybridized carbons (Fsp3) is 0.480. The van der Waals surface area contributed by atoms with Crippen LogP contribution in [0.1, 0.15) is 36.8 Å². The number of halogens is 5. The van der Waals surface area contributed by atoms with Gasteiger partial charge in [0.2, 0.25) is 0 Å². The van der Waals surface area contributed by atoms with Gasteiger partial charge >= 0.3 is 12.2 Å². The first-order valence-electron chi connectivity index (χ1n) is 11.5. The summed E-state index contributed by atoms with van der Waals surface area (Å²) in [6, 6.07) is 6.00. The molecule has 2 N–H and O–H groups in total. The Morgan fingerprint density at radius 2 is 1.72 bits per heavy atom. The Kier molecular flexibility index (Phi) is 7.05. The zero-order valence-electron chi connectivity index (χ0n) is 20.1. The Hall–Kier alpha value is -3.08. The van der Waals surface area contributed by atoms with Crippen LogP contribution in [0.15, 0.2) is 30.3 Å². The van der Waals surface area contributed by atoms with Gasteiger partial charge in [0, 0.05) is 23.2 Å². The maximum absolute atomic E-state index is 13.9. The van der Waals surface area contributed by atoms with E-state index in [0.717, 1.165) is 24.9 Å². The molecule has 1 aliphatic carbocycles. The molecule has 1 saturated carbocycles. The fourth-order valence-corrected chi connectivity index (χ4v) is 5.66. The third kappa shape index (κ3) is 4.80. The van der Waals surface area contributed by atoms with E-state index in [1.807, 2.05) is 25.2 Å². The van der Waals surface area contributed by atoms with Crippen molar-refractivity contribution >= 4 is 11.7 Å². The smallest absolute Gasteiger partial charge is 0.422 e. The van der Waals surface area contributed by atoms with Gasteiger partial charge in [-0.15, -0.1) is 0 Å². The number of fused-ring (bicyclic) bond motifs is 1. The molecule has 1 aliphatic heterocycles. The number of ether oxygens (including phenoxy) is 2. The van der Waals surface area contributed by atoms with Crippen molar-refractivity contribution in [3.8, 4) is 11.5 Å². The molecule has 2 aliphatic rings. The highest BCUT2D eigenvalue weighted by Gasteiger charge is 2.50. The van der Waals surface area contributed by atoms with Gasteiger partial charge in [-0.2, -0.15) is 13.2 Å². The highest BCUT2D eigenvalue weighted by atomic mass is 19.4. The second-order valence-corrected chi connectivity index (χ2v) is 9.35. The Balaban J connectivity index is 1.47. The molecule has 6 nitrogen and oxygen atoms in total. The number of anilines is 1. The van der Waals surface area contributed by atoms with E-state index in [9.17, 15) is 26.7 Å². The standard InChI is InChI=1S/C25H28F5N3O3/c1-33-9-8-24(14-4-5-19(35-2)20(10-14)36-3)7-6-15(13-21(24)33)31-23(34)32-16-11-17(26)22(18(27)12-16)25(28,29)30/h4-5,10-12,15,21H,6-9,13H2,1-3H3,(H2,31,32,34)/t15-,21+,24+/m1/s1. The van der Waals surface area contributed by atoms with E-state index in [0.29, 0.717) is 36.5 Å². The molecule has 0 spiro atoms. The molecule has 1 saturated heterocycles. The van der Waals surface area contributed by atoms with Crippen LogP contribution >= 0.6 is 0 Å². The minimum absolute atomic E-state index is 0.121. The maximum Gasteiger partial charge on any atom is 0.422 e. The molecule has 1 heterocycles. The summed E-state index contributed by atoms with van der Waals surface area (Å²) < 4.78 is 76.9. The Morgan fingerprint density at radius 1 is 1.06 bits per heavy atom. The summed E-state index contributed by atoms with van der Waals surface area (Å²) in [4.78, 5) is 14.8. The second kappa shape index (κ2) is 9.76. The molecule has 2 aromatic rings. The largest absolute Gasteiger partial charge is 0.493 e. The van der Waals surface area contributed by atoms with Crippen LogP contribution in [-0.2, 0) is 11.6 Å². The van der Waals surface area contributed by atoms with E-state index in [2.05, 4.69) is 15.5 Å². The maximum atomic E-state index is 13.9. The van der Waals surface area contributed by atoms with Crippen LogP contribution in [0, 0.1) is 11.6 Å². The summed E-state index contributed by atoms with van der Waals surface area (Å²) in [6.07, 6.45) is -2.17. The first-order chi connectivity index (χ1) is 17.0. The first-order valence-corrected chi connectivity index (χ1v) is 11.5. The molecular formula is C25H28F5N3O3. The molecule has 36 heavy (non-hydrogen) atoms. The molecule has 0 bridgehead atoms. The minimum atomic E-state index is -5.18. The summed E-state index contributed by atoms with van der Waals surface area (Å²) in [6.45, 7) is 0.877. The lowest BCUT2D eigenvalue weighted by Gasteiger charge is -2.45. The van der Waals surface area contributed by atoms with Crippen molar-refractivity contribution in [1.29, 1.82) is 0 Å². The molecular weight excluding hydrogens is 485 g/mol. The lowest BCUT2D eigenvalue weighted by molar-refractivity contribution is -0.142. The van der Waals surface area contributed by atoms with E-state index in [-0.39, 0.29) is 17.5 Å². The molecule has 0 radical (unpaired) electrons. The predicted octanol–water partition coefficient (Wildman–Crippen LogP) is 5.32. The predicted molar refractivity (Wildman–Crippen MR) is 123 cm³/mol. The van der Waals surface area contributed by atoms with Crippen molar-refractivity contribution in [2.24, 2.45) is 0 Å². The quantitative estimate of drug-likeness (QED) is 0.532. The van der Waals surface area contributed by atoms with E-state index >= 15 is 0 Å². The molecule has 11 heteroatoms. The first kappa shape index (κ1) is 26.0.